The summed E-state index contributed by atoms with van der Waals surface area (Å²) in [5.41, 5.74) is 0.534. The predicted molar refractivity (Wildman–Crippen MR) is 64.8 cm³/mol. The van der Waals surface area contributed by atoms with Gasteiger partial charge in [0.05, 0.1) is 12.6 Å². The average molecular weight is 250 g/mol. The van der Waals surface area contributed by atoms with E-state index in [1.165, 1.54) is 12.1 Å². The van der Waals surface area contributed by atoms with Crippen LogP contribution in [0, 0.1) is 5.82 Å². The highest BCUT2D eigenvalue weighted by Gasteiger charge is 2.07. The number of ether oxygens (including phenoxy) is 1. The smallest absolute Gasteiger partial charge is 0.165 e. The van der Waals surface area contributed by atoms with Gasteiger partial charge < -0.3 is 9.84 Å². The maximum absolute atomic E-state index is 13.6. The van der Waals surface area contributed by atoms with Crippen molar-refractivity contribution in [3.05, 3.63) is 48.0 Å². The molecule has 1 atom stereocenters. The second-order valence-electron chi connectivity index (χ2n) is 3.98. The van der Waals surface area contributed by atoms with Crippen molar-refractivity contribution in [1.29, 1.82) is 0 Å². The minimum Gasteiger partial charge on any atom is -0.489 e. The van der Waals surface area contributed by atoms with Crippen LogP contribution in [0.1, 0.15) is 18.6 Å². The maximum atomic E-state index is 13.6. The molecule has 0 aliphatic heterocycles. The predicted octanol–water partition coefficient (Wildman–Crippen LogP) is 2.15. The standard InChI is InChI=1S/C13H15FN2O2/c1-10(17)11-3-4-13(12(14)9-11)18-8-7-16-6-2-5-15-16/h2-6,9-10,17H,7-8H2,1H3. The van der Waals surface area contributed by atoms with Gasteiger partial charge in [-0.3, -0.25) is 4.68 Å². The Morgan fingerprint density at radius 3 is 2.94 bits per heavy atom. The van der Waals surface area contributed by atoms with E-state index in [0.717, 1.165) is 0 Å². The molecule has 0 saturated heterocycles. The minimum absolute atomic E-state index is 0.187. The third-order valence-corrected chi connectivity index (χ3v) is 2.58. The summed E-state index contributed by atoms with van der Waals surface area (Å²) in [6.07, 6.45) is 2.81. The van der Waals surface area contributed by atoms with Crippen molar-refractivity contribution >= 4 is 0 Å². The SMILES string of the molecule is CC(O)c1ccc(OCCn2cccn2)c(F)c1. The maximum Gasteiger partial charge on any atom is 0.165 e. The van der Waals surface area contributed by atoms with E-state index in [-0.39, 0.29) is 5.75 Å². The second kappa shape index (κ2) is 5.64. The third kappa shape index (κ3) is 3.07. The summed E-state index contributed by atoms with van der Waals surface area (Å²) in [5, 5.41) is 13.3. The molecule has 4 nitrogen and oxygen atoms in total. The first-order chi connectivity index (χ1) is 8.66. The van der Waals surface area contributed by atoms with Gasteiger partial charge in [0.2, 0.25) is 0 Å². The first kappa shape index (κ1) is 12.6. The Hall–Kier alpha value is -1.88. The van der Waals surface area contributed by atoms with Gasteiger partial charge in [-0.25, -0.2) is 4.39 Å². The molecule has 18 heavy (non-hydrogen) atoms. The van der Waals surface area contributed by atoms with Crippen LogP contribution in [0.25, 0.3) is 0 Å². The summed E-state index contributed by atoms with van der Waals surface area (Å²) in [7, 11) is 0. The quantitative estimate of drug-likeness (QED) is 0.884. The molecule has 0 aliphatic rings. The monoisotopic (exact) mass is 250 g/mol. The molecule has 0 radical (unpaired) electrons. The van der Waals surface area contributed by atoms with E-state index in [4.69, 9.17) is 4.74 Å². The number of aromatic nitrogens is 2. The fourth-order valence-corrected chi connectivity index (χ4v) is 1.58. The molecule has 96 valence electrons. The van der Waals surface area contributed by atoms with E-state index >= 15 is 0 Å². The number of rotatable bonds is 5. The van der Waals surface area contributed by atoms with Crippen molar-refractivity contribution < 1.29 is 14.2 Å². The van der Waals surface area contributed by atoms with E-state index in [1.807, 2.05) is 12.3 Å². The number of nitrogens with zero attached hydrogens (tertiary/aromatic N) is 2. The fraction of sp³-hybridized carbons (Fsp3) is 0.308. The molecular formula is C13H15FN2O2. The van der Waals surface area contributed by atoms with Crippen molar-refractivity contribution in [3.8, 4) is 5.75 Å². The highest BCUT2D eigenvalue weighted by molar-refractivity contribution is 5.30. The van der Waals surface area contributed by atoms with Crippen LogP contribution < -0.4 is 4.74 Å². The Balaban J connectivity index is 1.93. The highest BCUT2D eigenvalue weighted by Crippen LogP contribution is 2.21. The van der Waals surface area contributed by atoms with E-state index in [1.54, 1.807) is 23.9 Å². The molecule has 0 saturated carbocycles. The van der Waals surface area contributed by atoms with Crippen molar-refractivity contribution in [2.24, 2.45) is 0 Å². The van der Waals surface area contributed by atoms with E-state index in [0.29, 0.717) is 18.7 Å². The van der Waals surface area contributed by atoms with Crippen LogP contribution >= 0.6 is 0 Å². The lowest BCUT2D eigenvalue weighted by Gasteiger charge is -2.10. The molecule has 5 heteroatoms. The van der Waals surface area contributed by atoms with Crippen LogP contribution in [0.15, 0.2) is 36.7 Å². The summed E-state index contributed by atoms with van der Waals surface area (Å²) in [4.78, 5) is 0. The number of hydrogen-bond acceptors (Lipinski definition) is 3. The van der Waals surface area contributed by atoms with Crippen LogP contribution in [0.4, 0.5) is 4.39 Å². The van der Waals surface area contributed by atoms with Crippen LogP contribution in [0.5, 0.6) is 5.75 Å². The molecule has 0 spiro atoms. The summed E-state index contributed by atoms with van der Waals surface area (Å²) in [6.45, 7) is 2.49. The van der Waals surface area contributed by atoms with Crippen LogP contribution in [-0.4, -0.2) is 21.5 Å². The van der Waals surface area contributed by atoms with Crippen LogP contribution in [-0.2, 0) is 6.54 Å². The number of hydrogen-bond donors (Lipinski definition) is 1. The molecule has 1 aromatic carbocycles. The summed E-state index contributed by atoms with van der Waals surface area (Å²) in [5.74, 6) is -0.277. The summed E-state index contributed by atoms with van der Waals surface area (Å²) < 4.78 is 20.7. The van der Waals surface area contributed by atoms with Gasteiger partial charge in [-0.1, -0.05) is 6.07 Å². The molecule has 0 amide bonds. The second-order valence-corrected chi connectivity index (χ2v) is 3.98. The van der Waals surface area contributed by atoms with E-state index in [9.17, 15) is 9.50 Å². The van der Waals surface area contributed by atoms with E-state index in [2.05, 4.69) is 5.10 Å². The Morgan fingerprint density at radius 2 is 2.33 bits per heavy atom. The molecule has 1 heterocycles. The zero-order chi connectivity index (χ0) is 13.0. The number of halogens is 1. The van der Waals surface area contributed by atoms with Gasteiger partial charge in [0, 0.05) is 12.4 Å². The Bertz CT molecular complexity index is 498. The molecule has 2 aromatic rings. The van der Waals surface area contributed by atoms with Crippen LogP contribution in [0.3, 0.4) is 0 Å². The zero-order valence-electron chi connectivity index (χ0n) is 10.1. The van der Waals surface area contributed by atoms with Crippen molar-refractivity contribution in [2.45, 2.75) is 19.6 Å². The van der Waals surface area contributed by atoms with Crippen molar-refractivity contribution in [3.63, 3.8) is 0 Å². The van der Waals surface area contributed by atoms with Gasteiger partial charge in [0.25, 0.3) is 0 Å². The fourth-order valence-electron chi connectivity index (χ4n) is 1.58. The van der Waals surface area contributed by atoms with Crippen LogP contribution in [0.2, 0.25) is 0 Å². The summed E-state index contributed by atoms with van der Waals surface area (Å²) in [6, 6.07) is 6.28. The first-order valence-electron chi connectivity index (χ1n) is 5.74. The lowest BCUT2D eigenvalue weighted by atomic mass is 10.1. The lowest BCUT2D eigenvalue weighted by Crippen LogP contribution is -2.09. The van der Waals surface area contributed by atoms with E-state index < -0.39 is 11.9 Å². The zero-order valence-corrected chi connectivity index (χ0v) is 10.1. The largest absolute Gasteiger partial charge is 0.489 e. The van der Waals surface area contributed by atoms with Gasteiger partial charge in [0.15, 0.2) is 11.6 Å². The molecule has 0 bridgehead atoms. The van der Waals surface area contributed by atoms with Gasteiger partial charge in [0.1, 0.15) is 6.61 Å². The minimum atomic E-state index is -0.683. The molecule has 2 rings (SSSR count). The molecular weight excluding hydrogens is 235 g/mol. The average Bonchev–Trinajstić information content (AvgIpc) is 2.84. The highest BCUT2D eigenvalue weighted by atomic mass is 19.1. The van der Waals surface area contributed by atoms with Crippen molar-refractivity contribution in [1.82, 2.24) is 9.78 Å². The Kier molecular flexibility index (Phi) is 3.94. The number of benzene rings is 1. The van der Waals surface area contributed by atoms with Gasteiger partial charge in [-0.2, -0.15) is 5.10 Å². The number of aliphatic hydroxyl groups is 1. The molecule has 1 N–H and O–H groups in total. The summed E-state index contributed by atoms with van der Waals surface area (Å²) >= 11 is 0. The topological polar surface area (TPSA) is 47.3 Å². The van der Waals surface area contributed by atoms with Gasteiger partial charge >= 0.3 is 0 Å². The molecule has 0 aliphatic carbocycles. The Labute approximate surface area is 105 Å². The molecule has 0 fully saturated rings. The van der Waals surface area contributed by atoms with Crippen molar-refractivity contribution in [2.75, 3.05) is 6.61 Å². The first-order valence-corrected chi connectivity index (χ1v) is 5.74. The molecule has 1 unspecified atom stereocenters. The third-order valence-electron chi connectivity index (χ3n) is 2.58. The Morgan fingerprint density at radius 1 is 1.50 bits per heavy atom. The van der Waals surface area contributed by atoms with Gasteiger partial charge in [-0.05, 0) is 30.7 Å². The molecule has 1 aromatic heterocycles. The lowest BCUT2D eigenvalue weighted by molar-refractivity contribution is 0.198. The normalized spacial score (nSPS) is 12.4. The van der Waals surface area contributed by atoms with Gasteiger partial charge in [-0.15, -0.1) is 0 Å². The number of aliphatic hydroxyl groups excluding tert-OH is 1.